The molecule has 0 atom stereocenters. The van der Waals surface area contributed by atoms with Gasteiger partial charge in [-0.05, 0) is 44.2 Å². The summed E-state index contributed by atoms with van der Waals surface area (Å²) in [6.07, 6.45) is -4.84. The van der Waals surface area contributed by atoms with E-state index in [0.29, 0.717) is 0 Å². The SMILES string of the molecule is CC(C)(NS(=O)(=O)Cc1ccccc1F)C(=O)Nc1ccc(OC(F)(F)F)cc1. The van der Waals surface area contributed by atoms with Crippen LogP contribution in [0.25, 0.3) is 0 Å². The summed E-state index contributed by atoms with van der Waals surface area (Å²) in [6, 6.07) is 9.67. The molecule has 2 aromatic rings. The molecule has 0 radical (unpaired) electrons. The standard InChI is InChI=1S/C18H18F4N2O4S/c1-17(2,24-29(26,27)11-12-5-3-4-6-15(12)19)16(25)23-13-7-9-14(10-8-13)28-18(20,21)22/h3-10,24H,11H2,1-2H3,(H,23,25). The van der Waals surface area contributed by atoms with Crippen molar-refractivity contribution in [1.29, 1.82) is 0 Å². The van der Waals surface area contributed by atoms with Gasteiger partial charge in [0.25, 0.3) is 0 Å². The summed E-state index contributed by atoms with van der Waals surface area (Å²) in [5, 5.41) is 2.39. The van der Waals surface area contributed by atoms with E-state index in [0.717, 1.165) is 18.2 Å². The Morgan fingerprint density at radius 2 is 1.62 bits per heavy atom. The van der Waals surface area contributed by atoms with Crippen molar-refractivity contribution in [2.45, 2.75) is 31.5 Å². The van der Waals surface area contributed by atoms with Crippen molar-refractivity contribution in [3.63, 3.8) is 0 Å². The molecule has 2 rings (SSSR count). The number of carbonyl (C=O) groups excluding carboxylic acids is 1. The zero-order chi connectivity index (χ0) is 21.9. The highest BCUT2D eigenvalue weighted by atomic mass is 32.2. The highest BCUT2D eigenvalue weighted by molar-refractivity contribution is 7.88. The summed E-state index contributed by atoms with van der Waals surface area (Å²) in [7, 11) is -4.07. The van der Waals surface area contributed by atoms with E-state index >= 15 is 0 Å². The monoisotopic (exact) mass is 434 g/mol. The summed E-state index contributed by atoms with van der Waals surface area (Å²) in [6.45, 7) is 2.59. The molecule has 158 valence electrons. The lowest BCUT2D eigenvalue weighted by molar-refractivity contribution is -0.274. The van der Waals surface area contributed by atoms with Crippen molar-refractivity contribution in [2.75, 3.05) is 5.32 Å². The van der Waals surface area contributed by atoms with Crippen molar-refractivity contribution in [3.05, 3.63) is 59.9 Å². The molecule has 0 unspecified atom stereocenters. The molecule has 0 saturated carbocycles. The van der Waals surface area contributed by atoms with Crippen LogP contribution < -0.4 is 14.8 Å². The molecule has 6 nitrogen and oxygen atoms in total. The molecule has 0 aromatic heterocycles. The minimum atomic E-state index is -4.84. The van der Waals surface area contributed by atoms with Crippen LogP contribution in [0.15, 0.2) is 48.5 Å². The van der Waals surface area contributed by atoms with Gasteiger partial charge in [-0.25, -0.2) is 12.8 Å². The Balaban J connectivity index is 2.04. The van der Waals surface area contributed by atoms with E-state index in [1.165, 1.54) is 44.2 Å². The highest BCUT2D eigenvalue weighted by Gasteiger charge is 2.33. The van der Waals surface area contributed by atoms with Crippen LogP contribution in [0.5, 0.6) is 5.75 Å². The van der Waals surface area contributed by atoms with Crippen LogP contribution in [-0.2, 0) is 20.6 Å². The van der Waals surface area contributed by atoms with Gasteiger partial charge in [-0.2, -0.15) is 4.72 Å². The minimum absolute atomic E-state index is 0.0588. The van der Waals surface area contributed by atoms with Gasteiger partial charge >= 0.3 is 6.36 Å². The Hall–Kier alpha value is -2.66. The lowest BCUT2D eigenvalue weighted by Crippen LogP contribution is -2.52. The van der Waals surface area contributed by atoms with Gasteiger partial charge in [-0.3, -0.25) is 4.79 Å². The molecule has 0 spiro atoms. The zero-order valence-electron chi connectivity index (χ0n) is 15.4. The quantitative estimate of drug-likeness (QED) is 0.653. The molecule has 0 aliphatic rings. The van der Waals surface area contributed by atoms with E-state index in [1.54, 1.807) is 0 Å². The number of benzene rings is 2. The molecule has 29 heavy (non-hydrogen) atoms. The Morgan fingerprint density at radius 1 is 1.03 bits per heavy atom. The number of hydrogen-bond donors (Lipinski definition) is 2. The van der Waals surface area contributed by atoms with Crippen molar-refractivity contribution in [2.24, 2.45) is 0 Å². The van der Waals surface area contributed by atoms with Gasteiger partial charge in [0, 0.05) is 11.3 Å². The number of amides is 1. The first kappa shape index (κ1) is 22.6. The van der Waals surface area contributed by atoms with E-state index in [1.807, 2.05) is 0 Å². The predicted molar refractivity (Wildman–Crippen MR) is 98.0 cm³/mol. The van der Waals surface area contributed by atoms with Crippen molar-refractivity contribution < 1.29 is 35.5 Å². The van der Waals surface area contributed by atoms with Crippen molar-refractivity contribution in [3.8, 4) is 5.75 Å². The Kier molecular flexibility index (Phi) is 6.53. The number of rotatable bonds is 7. The van der Waals surface area contributed by atoms with Gasteiger partial charge in [-0.15, -0.1) is 13.2 Å². The fraction of sp³-hybridized carbons (Fsp3) is 0.278. The average molecular weight is 434 g/mol. The number of halogens is 4. The Morgan fingerprint density at radius 3 is 2.17 bits per heavy atom. The molecule has 2 aromatic carbocycles. The second-order valence-electron chi connectivity index (χ2n) is 6.60. The number of hydrogen-bond acceptors (Lipinski definition) is 4. The van der Waals surface area contributed by atoms with E-state index < -0.39 is 45.2 Å². The molecule has 0 aliphatic heterocycles. The number of sulfonamides is 1. The van der Waals surface area contributed by atoms with Crippen LogP contribution in [0, 0.1) is 5.82 Å². The maximum atomic E-state index is 13.7. The molecule has 2 N–H and O–H groups in total. The summed E-state index contributed by atoms with van der Waals surface area (Å²) >= 11 is 0. The van der Waals surface area contributed by atoms with Crippen LogP contribution in [0.3, 0.4) is 0 Å². The molecular formula is C18H18F4N2O4S. The Bertz CT molecular complexity index is 974. The molecule has 1 amide bonds. The highest BCUT2D eigenvalue weighted by Crippen LogP contribution is 2.24. The summed E-state index contributed by atoms with van der Waals surface area (Å²) in [5.74, 6) is -2.60. The largest absolute Gasteiger partial charge is 0.573 e. The predicted octanol–water partition coefficient (Wildman–Crippen LogP) is 3.56. The smallest absolute Gasteiger partial charge is 0.406 e. The first-order valence-corrected chi connectivity index (χ1v) is 9.85. The second-order valence-corrected chi connectivity index (χ2v) is 8.33. The molecule has 0 aliphatic carbocycles. The van der Waals surface area contributed by atoms with Gasteiger partial charge in [0.15, 0.2) is 0 Å². The van der Waals surface area contributed by atoms with Crippen molar-refractivity contribution in [1.82, 2.24) is 4.72 Å². The van der Waals surface area contributed by atoms with Crippen molar-refractivity contribution >= 4 is 21.6 Å². The third kappa shape index (κ3) is 7.02. The third-order valence-corrected chi connectivity index (χ3v) is 5.14. The summed E-state index contributed by atoms with van der Waals surface area (Å²) < 4.78 is 80.7. The van der Waals surface area contributed by atoms with Crippen LogP contribution in [-0.4, -0.2) is 26.2 Å². The topological polar surface area (TPSA) is 84.5 Å². The van der Waals surface area contributed by atoms with E-state index in [9.17, 15) is 30.8 Å². The average Bonchev–Trinajstić information content (AvgIpc) is 2.56. The summed E-state index contributed by atoms with van der Waals surface area (Å²) in [5.41, 5.74) is -1.55. The number of ether oxygens (including phenoxy) is 1. The van der Waals surface area contributed by atoms with Gasteiger partial charge in [0.1, 0.15) is 17.1 Å². The minimum Gasteiger partial charge on any atom is -0.406 e. The van der Waals surface area contributed by atoms with Crippen LogP contribution in [0.1, 0.15) is 19.4 Å². The zero-order valence-corrected chi connectivity index (χ0v) is 16.2. The first-order valence-electron chi connectivity index (χ1n) is 8.20. The van der Waals surface area contributed by atoms with E-state index in [4.69, 9.17) is 0 Å². The van der Waals surface area contributed by atoms with Gasteiger partial charge < -0.3 is 10.1 Å². The number of alkyl halides is 3. The maximum absolute atomic E-state index is 13.7. The molecule has 0 bridgehead atoms. The lowest BCUT2D eigenvalue weighted by atomic mass is 10.1. The third-order valence-electron chi connectivity index (χ3n) is 3.63. The maximum Gasteiger partial charge on any atom is 0.573 e. The van der Waals surface area contributed by atoms with Gasteiger partial charge in [-0.1, -0.05) is 18.2 Å². The van der Waals surface area contributed by atoms with E-state index in [-0.39, 0.29) is 11.3 Å². The molecule has 11 heteroatoms. The fourth-order valence-electron chi connectivity index (χ4n) is 2.32. The van der Waals surface area contributed by atoms with E-state index in [2.05, 4.69) is 14.8 Å². The molecule has 0 fully saturated rings. The molecule has 0 heterocycles. The van der Waals surface area contributed by atoms with Gasteiger partial charge in [0.2, 0.25) is 15.9 Å². The van der Waals surface area contributed by atoms with Crippen LogP contribution >= 0.6 is 0 Å². The summed E-state index contributed by atoms with van der Waals surface area (Å²) in [4.78, 5) is 12.4. The number of anilines is 1. The van der Waals surface area contributed by atoms with Crippen LogP contribution in [0.4, 0.5) is 23.2 Å². The fourth-order valence-corrected chi connectivity index (χ4v) is 3.90. The molecule has 0 saturated heterocycles. The lowest BCUT2D eigenvalue weighted by Gasteiger charge is -2.25. The number of nitrogens with one attached hydrogen (secondary N) is 2. The second kappa shape index (κ2) is 8.37. The molecular weight excluding hydrogens is 416 g/mol. The number of carbonyl (C=O) groups is 1. The van der Waals surface area contributed by atoms with Crippen LogP contribution in [0.2, 0.25) is 0 Å². The normalized spacial score (nSPS) is 12.5. The first-order chi connectivity index (χ1) is 13.3. The van der Waals surface area contributed by atoms with Gasteiger partial charge in [0.05, 0.1) is 5.75 Å². The Labute approximate surface area is 164 Å².